The SMILES string of the molecule is c1ccc(N(c2ccc(-c3cccc(-c4cc5ccc6cccc7c8cccc9sc4c(c98)c5c67)c3)cc2)c2ccc3oc4ccccc4c3c2)cc1. The van der Waals surface area contributed by atoms with Gasteiger partial charge in [0.15, 0.2) is 0 Å². The Balaban J connectivity index is 0.981. The molecule has 0 N–H and O–H groups in total. The Labute approximate surface area is 309 Å². The van der Waals surface area contributed by atoms with Crippen LogP contribution < -0.4 is 4.90 Å². The average molecular weight is 692 g/mol. The first kappa shape index (κ1) is 29.0. The molecule has 0 unspecified atom stereocenters. The van der Waals surface area contributed by atoms with Crippen LogP contribution in [0.3, 0.4) is 0 Å². The Morgan fingerprint density at radius 3 is 1.98 bits per heavy atom. The average Bonchev–Trinajstić information content (AvgIpc) is 3.80. The molecule has 0 saturated heterocycles. The molecule has 2 nitrogen and oxygen atoms in total. The summed E-state index contributed by atoms with van der Waals surface area (Å²) in [4.78, 5) is 2.32. The molecule has 2 aromatic heterocycles. The van der Waals surface area contributed by atoms with Crippen LogP contribution in [0.5, 0.6) is 0 Å². The summed E-state index contributed by atoms with van der Waals surface area (Å²) >= 11 is 1.93. The quantitative estimate of drug-likeness (QED) is 0.132. The van der Waals surface area contributed by atoms with Crippen molar-refractivity contribution in [1.29, 1.82) is 0 Å². The third-order valence-electron chi connectivity index (χ3n) is 11.1. The van der Waals surface area contributed by atoms with E-state index < -0.39 is 0 Å². The number of fused-ring (bicyclic) bond motifs is 4. The largest absolute Gasteiger partial charge is 0.456 e. The number of para-hydroxylation sites is 2. The van der Waals surface area contributed by atoms with Gasteiger partial charge in [-0.15, -0.1) is 11.3 Å². The van der Waals surface area contributed by atoms with Gasteiger partial charge in [0.2, 0.25) is 0 Å². The van der Waals surface area contributed by atoms with Gasteiger partial charge in [-0.05, 0) is 116 Å². The highest BCUT2D eigenvalue weighted by Crippen LogP contribution is 2.51. The molecule has 0 spiro atoms. The van der Waals surface area contributed by atoms with Gasteiger partial charge in [-0.1, -0.05) is 109 Å². The molecule has 0 saturated carbocycles. The molecule has 0 atom stereocenters. The molecule has 12 rings (SSSR count). The number of furan rings is 1. The van der Waals surface area contributed by atoms with Crippen molar-refractivity contribution in [2.24, 2.45) is 0 Å². The van der Waals surface area contributed by atoms with E-state index in [9.17, 15) is 0 Å². The van der Waals surface area contributed by atoms with E-state index in [2.05, 4.69) is 169 Å². The smallest absolute Gasteiger partial charge is 0.135 e. The van der Waals surface area contributed by atoms with Crippen LogP contribution in [0.2, 0.25) is 0 Å². The fraction of sp³-hybridized carbons (Fsp3) is 0. The molecular weight excluding hydrogens is 663 g/mol. The standard InChI is InChI=1S/C50H29NOS/c1-2-12-35(13-3-1)51(37-25-26-44-42(29-37)38-14-4-5-17-43(38)52-44)36-23-21-30(22-24-36)32-10-6-11-33(27-32)41-28-34-20-19-31-9-7-15-39-40-16-8-18-45-48(40)49(50(41)53-45)47(34)46(31)39/h1-29H. The highest BCUT2D eigenvalue weighted by Gasteiger charge is 2.22. The topological polar surface area (TPSA) is 16.4 Å². The van der Waals surface area contributed by atoms with Crippen LogP contribution in [-0.4, -0.2) is 0 Å². The molecule has 10 aromatic carbocycles. The Kier molecular flexibility index (Phi) is 5.96. The van der Waals surface area contributed by atoms with Crippen molar-refractivity contribution in [2.45, 2.75) is 0 Å². The summed E-state index contributed by atoms with van der Waals surface area (Å²) in [7, 11) is 0. The third kappa shape index (κ3) is 4.20. The zero-order valence-electron chi connectivity index (χ0n) is 28.5. The summed E-state index contributed by atoms with van der Waals surface area (Å²) in [5.41, 5.74) is 10.0. The lowest BCUT2D eigenvalue weighted by molar-refractivity contribution is 0.669. The number of hydrogen-bond donors (Lipinski definition) is 0. The highest BCUT2D eigenvalue weighted by molar-refractivity contribution is 7.26. The molecule has 3 heteroatoms. The van der Waals surface area contributed by atoms with Crippen LogP contribution >= 0.6 is 11.3 Å². The number of nitrogens with zero attached hydrogens (tertiary/aromatic N) is 1. The Morgan fingerprint density at radius 2 is 1.08 bits per heavy atom. The molecular formula is C50H29NOS. The molecule has 53 heavy (non-hydrogen) atoms. The second kappa shape index (κ2) is 10.9. The maximum Gasteiger partial charge on any atom is 0.135 e. The first-order valence-electron chi connectivity index (χ1n) is 18.1. The molecule has 12 aromatic rings. The highest BCUT2D eigenvalue weighted by atomic mass is 32.1. The van der Waals surface area contributed by atoms with Crippen LogP contribution in [0, 0.1) is 0 Å². The summed E-state index contributed by atoms with van der Waals surface area (Å²) in [5.74, 6) is 0. The Bertz CT molecular complexity index is 3340. The van der Waals surface area contributed by atoms with Crippen LogP contribution in [-0.2, 0) is 0 Å². The molecule has 0 radical (unpaired) electrons. The van der Waals surface area contributed by atoms with E-state index in [0.29, 0.717) is 0 Å². The van der Waals surface area contributed by atoms with Crippen molar-refractivity contribution in [3.8, 4) is 22.3 Å². The monoisotopic (exact) mass is 691 g/mol. The van der Waals surface area contributed by atoms with Gasteiger partial charge in [0.25, 0.3) is 0 Å². The first-order valence-corrected chi connectivity index (χ1v) is 18.9. The Hall–Kier alpha value is -6.68. The maximum absolute atomic E-state index is 6.17. The number of anilines is 3. The van der Waals surface area contributed by atoms with E-state index in [-0.39, 0.29) is 0 Å². The number of benzene rings is 10. The minimum absolute atomic E-state index is 0.897. The molecule has 0 aliphatic rings. The zero-order chi connectivity index (χ0) is 34.6. The van der Waals surface area contributed by atoms with Gasteiger partial charge in [0, 0.05) is 53.6 Å². The van der Waals surface area contributed by atoms with E-state index >= 15 is 0 Å². The van der Waals surface area contributed by atoms with Crippen LogP contribution in [0.15, 0.2) is 180 Å². The van der Waals surface area contributed by atoms with Gasteiger partial charge < -0.3 is 9.32 Å². The van der Waals surface area contributed by atoms with E-state index in [1.54, 1.807) is 0 Å². The van der Waals surface area contributed by atoms with E-state index in [0.717, 1.165) is 39.0 Å². The maximum atomic E-state index is 6.17. The van der Waals surface area contributed by atoms with Crippen molar-refractivity contribution in [2.75, 3.05) is 4.90 Å². The van der Waals surface area contributed by atoms with Crippen molar-refractivity contribution in [1.82, 2.24) is 0 Å². The second-order valence-electron chi connectivity index (χ2n) is 14.1. The van der Waals surface area contributed by atoms with Crippen molar-refractivity contribution >= 4 is 103 Å². The summed E-state index contributed by atoms with van der Waals surface area (Å²) < 4.78 is 8.89. The normalized spacial score (nSPS) is 12.2. The predicted molar refractivity (Wildman–Crippen MR) is 227 cm³/mol. The van der Waals surface area contributed by atoms with Gasteiger partial charge >= 0.3 is 0 Å². The van der Waals surface area contributed by atoms with Gasteiger partial charge in [-0.2, -0.15) is 0 Å². The molecule has 0 bridgehead atoms. The van der Waals surface area contributed by atoms with Crippen molar-refractivity contribution in [3.05, 3.63) is 176 Å². The molecule has 0 fully saturated rings. The fourth-order valence-corrected chi connectivity index (χ4v) is 10.1. The van der Waals surface area contributed by atoms with E-state index in [1.807, 2.05) is 23.5 Å². The predicted octanol–water partition coefficient (Wildman–Crippen LogP) is 15.1. The van der Waals surface area contributed by atoms with Gasteiger partial charge in [0.05, 0.1) is 0 Å². The van der Waals surface area contributed by atoms with Crippen LogP contribution in [0.1, 0.15) is 0 Å². The number of hydrogen-bond acceptors (Lipinski definition) is 3. The van der Waals surface area contributed by atoms with E-state index in [4.69, 9.17) is 4.42 Å². The summed E-state index contributed by atoms with van der Waals surface area (Å²) in [6.45, 7) is 0. The molecule has 2 heterocycles. The fourth-order valence-electron chi connectivity index (χ4n) is 8.79. The third-order valence-corrected chi connectivity index (χ3v) is 12.3. The van der Waals surface area contributed by atoms with E-state index in [1.165, 1.54) is 74.7 Å². The lowest BCUT2D eigenvalue weighted by Crippen LogP contribution is -2.09. The first-order chi connectivity index (χ1) is 26.3. The molecule has 246 valence electrons. The molecule has 0 aliphatic carbocycles. The summed E-state index contributed by atoms with van der Waals surface area (Å²) in [5, 5.41) is 13.2. The molecule has 0 aliphatic heterocycles. The second-order valence-corrected chi connectivity index (χ2v) is 15.1. The van der Waals surface area contributed by atoms with Gasteiger partial charge in [-0.25, -0.2) is 0 Å². The summed E-state index contributed by atoms with van der Waals surface area (Å²) in [6, 6.07) is 64.0. The van der Waals surface area contributed by atoms with Crippen LogP contribution in [0.4, 0.5) is 17.1 Å². The zero-order valence-corrected chi connectivity index (χ0v) is 29.3. The Morgan fingerprint density at radius 1 is 0.377 bits per heavy atom. The summed E-state index contributed by atoms with van der Waals surface area (Å²) in [6.07, 6.45) is 0. The van der Waals surface area contributed by atoms with Crippen molar-refractivity contribution < 1.29 is 4.42 Å². The molecule has 0 amide bonds. The van der Waals surface area contributed by atoms with Gasteiger partial charge in [0.1, 0.15) is 11.2 Å². The lowest BCUT2D eigenvalue weighted by Gasteiger charge is -2.25. The number of thiophene rings is 1. The lowest BCUT2D eigenvalue weighted by atomic mass is 9.87. The van der Waals surface area contributed by atoms with Crippen molar-refractivity contribution in [3.63, 3.8) is 0 Å². The number of rotatable bonds is 5. The van der Waals surface area contributed by atoms with Gasteiger partial charge in [-0.3, -0.25) is 0 Å². The minimum Gasteiger partial charge on any atom is -0.456 e. The van der Waals surface area contributed by atoms with Crippen LogP contribution in [0.25, 0.3) is 96.7 Å². The minimum atomic E-state index is 0.897.